The number of hydrogen-bond donors (Lipinski definition) is 1. The predicted octanol–water partition coefficient (Wildman–Crippen LogP) is 1.73. The summed E-state index contributed by atoms with van der Waals surface area (Å²) in [5, 5.41) is 0. The molecule has 7 heteroatoms. The van der Waals surface area contributed by atoms with E-state index in [9.17, 15) is 8.42 Å². The van der Waals surface area contributed by atoms with Gasteiger partial charge in [0.1, 0.15) is 10.7 Å². The van der Waals surface area contributed by atoms with Crippen LogP contribution in [0.25, 0.3) is 0 Å². The van der Waals surface area contributed by atoms with E-state index in [-0.39, 0.29) is 10.9 Å². The van der Waals surface area contributed by atoms with Gasteiger partial charge in [0.2, 0.25) is 10.0 Å². The van der Waals surface area contributed by atoms with Crippen LogP contribution >= 0.6 is 0 Å². The van der Waals surface area contributed by atoms with Crippen LogP contribution in [0.2, 0.25) is 0 Å². The molecule has 0 radical (unpaired) electrons. The minimum absolute atomic E-state index is 0.128. The number of anilines is 1. The lowest BCUT2D eigenvalue weighted by Gasteiger charge is -2.33. The number of pyridine rings is 2. The van der Waals surface area contributed by atoms with Crippen LogP contribution in [0.4, 0.5) is 5.82 Å². The second-order valence-electron chi connectivity index (χ2n) is 5.73. The molecule has 1 aliphatic rings. The normalized spacial score (nSPS) is 18.8. The molecule has 0 bridgehead atoms. The minimum Gasteiger partial charge on any atom is -0.355 e. The molecular weight excluding hydrogens is 312 g/mol. The van der Waals surface area contributed by atoms with Gasteiger partial charge in [0.15, 0.2) is 0 Å². The Morgan fingerprint density at radius 1 is 1.26 bits per heavy atom. The molecule has 1 unspecified atom stereocenters. The van der Waals surface area contributed by atoms with Crippen molar-refractivity contribution in [3.05, 3.63) is 48.4 Å². The molecule has 1 aliphatic heterocycles. The van der Waals surface area contributed by atoms with Gasteiger partial charge in [-0.3, -0.25) is 4.98 Å². The summed E-state index contributed by atoms with van der Waals surface area (Å²) in [6.45, 7) is 3.47. The van der Waals surface area contributed by atoms with Gasteiger partial charge in [0.05, 0.1) is 0 Å². The smallest absolute Gasteiger partial charge is 0.242 e. The Morgan fingerprint density at radius 3 is 2.87 bits per heavy atom. The van der Waals surface area contributed by atoms with E-state index in [1.165, 1.54) is 6.20 Å². The molecule has 1 N–H and O–H groups in total. The summed E-state index contributed by atoms with van der Waals surface area (Å²) in [4.78, 5) is 10.7. The summed E-state index contributed by atoms with van der Waals surface area (Å²) in [6.07, 6.45) is 4.67. The largest absolute Gasteiger partial charge is 0.355 e. The second kappa shape index (κ2) is 6.64. The number of aromatic nitrogens is 2. The van der Waals surface area contributed by atoms with Crippen molar-refractivity contribution < 1.29 is 8.42 Å². The molecule has 6 nitrogen and oxygen atoms in total. The molecule has 122 valence electrons. The molecule has 1 saturated heterocycles. The van der Waals surface area contributed by atoms with E-state index in [1.807, 2.05) is 25.1 Å². The van der Waals surface area contributed by atoms with Crippen molar-refractivity contribution in [1.29, 1.82) is 0 Å². The third kappa shape index (κ3) is 3.86. The van der Waals surface area contributed by atoms with E-state index < -0.39 is 10.0 Å². The maximum atomic E-state index is 12.4. The fourth-order valence-corrected chi connectivity index (χ4v) is 4.00. The van der Waals surface area contributed by atoms with Crippen molar-refractivity contribution in [1.82, 2.24) is 14.7 Å². The predicted molar refractivity (Wildman–Crippen MR) is 88.8 cm³/mol. The number of sulfonamides is 1. The average molecular weight is 332 g/mol. The number of hydrogen-bond acceptors (Lipinski definition) is 5. The highest BCUT2D eigenvalue weighted by molar-refractivity contribution is 7.89. The Morgan fingerprint density at radius 2 is 2.13 bits per heavy atom. The van der Waals surface area contributed by atoms with Gasteiger partial charge in [-0.15, -0.1) is 0 Å². The van der Waals surface area contributed by atoms with Gasteiger partial charge < -0.3 is 4.90 Å². The molecule has 2 aromatic rings. The SMILES string of the molecule is Cc1cccc(N2CCCC(NS(=O)(=O)c3cccnc3)C2)n1. The van der Waals surface area contributed by atoms with Crippen molar-refractivity contribution in [3.8, 4) is 0 Å². The molecule has 3 rings (SSSR count). The molecule has 1 fully saturated rings. The maximum Gasteiger partial charge on any atom is 0.242 e. The van der Waals surface area contributed by atoms with Gasteiger partial charge in [-0.25, -0.2) is 18.1 Å². The highest BCUT2D eigenvalue weighted by Crippen LogP contribution is 2.19. The average Bonchev–Trinajstić information content (AvgIpc) is 2.55. The van der Waals surface area contributed by atoms with Gasteiger partial charge in [0.25, 0.3) is 0 Å². The number of piperidine rings is 1. The van der Waals surface area contributed by atoms with Gasteiger partial charge in [-0.1, -0.05) is 6.07 Å². The van der Waals surface area contributed by atoms with Crippen molar-refractivity contribution in [2.75, 3.05) is 18.0 Å². The van der Waals surface area contributed by atoms with Gasteiger partial charge in [0, 0.05) is 37.2 Å². The Hall–Kier alpha value is -1.99. The molecule has 2 aromatic heterocycles. The Kier molecular flexibility index (Phi) is 4.58. The minimum atomic E-state index is -3.53. The molecule has 0 saturated carbocycles. The van der Waals surface area contributed by atoms with E-state index >= 15 is 0 Å². The maximum absolute atomic E-state index is 12.4. The molecule has 0 spiro atoms. The zero-order chi connectivity index (χ0) is 16.3. The van der Waals surface area contributed by atoms with E-state index in [4.69, 9.17) is 0 Å². The number of nitrogens with zero attached hydrogens (tertiary/aromatic N) is 3. The molecule has 0 aliphatic carbocycles. The summed E-state index contributed by atoms with van der Waals surface area (Å²) < 4.78 is 27.6. The number of nitrogens with one attached hydrogen (secondary N) is 1. The van der Waals surface area contributed by atoms with Gasteiger partial charge in [-0.2, -0.15) is 0 Å². The van der Waals surface area contributed by atoms with Crippen LogP contribution < -0.4 is 9.62 Å². The van der Waals surface area contributed by atoms with Crippen LogP contribution in [0, 0.1) is 6.92 Å². The lowest BCUT2D eigenvalue weighted by Crippen LogP contribution is -2.48. The van der Waals surface area contributed by atoms with Crippen LogP contribution in [-0.4, -0.2) is 37.5 Å². The highest BCUT2D eigenvalue weighted by atomic mass is 32.2. The summed E-state index contributed by atoms with van der Waals surface area (Å²) in [5.74, 6) is 0.898. The monoisotopic (exact) mass is 332 g/mol. The zero-order valence-corrected chi connectivity index (χ0v) is 13.8. The Bertz CT molecular complexity index is 765. The van der Waals surface area contributed by atoms with Crippen LogP contribution in [-0.2, 0) is 10.0 Å². The fraction of sp³-hybridized carbons (Fsp3) is 0.375. The van der Waals surface area contributed by atoms with E-state index in [0.717, 1.165) is 30.9 Å². The zero-order valence-electron chi connectivity index (χ0n) is 13.0. The van der Waals surface area contributed by atoms with Crippen molar-refractivity contribution in [2.24, 2.45) is 0 Å². The number of aryl methyl sites for hydroxylation is 1. The quantitative estimate of drug-likeness (QED) is 0.923. The van der Waals surface area contributed by atoms with E-state index in [2.05, 4.69) is 19.6 Å². The molecule has 1 atom stereocenters. The van der Waals surface area contributed by atoms with Crippen LogP contribution in [0.1, 0.15) is 18.5 Å². The first-order valence-corrected chi connectivity index (χ1v) is 9.14. The molecule has 23 heavy (non-hydrogen) atoms. The lowest BCUT2D eigenvalue weighted by molar-refractivity contribution is 0.464. The van der Waals surface area contributed by atoms with Crippen molar-refractivity contribution in [3.63, 3.8) is 0 Å². The first-order valence-electron chi connectivity index (χ1n) is 7.65. The third-order valence-corrected chi connectivity index (χ3v) is 5.39. The lowest BCUT2D eigenvalue weighted by atomic mass is 10.1. The number of rotatable bonds is 4. The third-order valence-electron chi connectivity index (χ3n) is 3.89. The summed E-state index contributed by atoms with van der Waals surface area (Å²) in [6, 6.07) is 8.94. The topological polar surface area (TPSA) is 75.2 Å². The summed E-state index contributed by atoms with van der Waals surface area (Å²) in [7, 11) is -3.53. The summed E-state index contributed by atoms with van der Waals surface area (Å²) >= 11 is 0. The van der Waals surface area contributed by atoms with E-state index in [1.54, 1.807) is 18.3 Å². The Balaban J connectivity index is 1.72. The second-order valence-corrected chi connectivity index (χ2v) is 7.45. The molecule has 0 aromatic carbocycles. The Labute approximate surface area is 136 Å². The first kappa shape index (κ1) is 15.9. The fourth-order valence-electron chi connectivity index (χ4n) is 2.78. The van der Waals surface area contributed by atoms with Gasteiger partial charge >= 0.3 is 0 Å². The molecule has 0 amide bonds. The molecular formula is C16H20N4O2S. The standard InChI is InChI=1S/C16H20N4O2S/c1-13-5-2-8-16(18-13)20-10-4-6-14(12-20)19-23(21,22)15-7-3-9-17-11-15/h2-3,5,7-9,11,14,19H,4,6,10,12H2,1H3. The van der Waals surface area contributed by atoms with Crippen LogP contribution in [0.15, 0.2) is 47.6 Å². The van der Waals surface area contributed by atoms with Crippen molar-refractivity contribution in [2.45, 2.75) is 30.7 Å². The van der Waals surface area contributed by atoms with E-state index in [0.29, 0.717) is 6.54 Å². The van der Waals surface area contributed by atoms with Crippen LogP contribution in [0.3, 0.4) is 0 Å². The molecule has 3 heterocycles. The van der Waals surface area contributed by atoms with Crippen LogP contribution in [0.5, 0.6) is 0 Å². The first-order chi connectivity index (χ1) is 11.0. The summed E-state index contributed by atoms with van der Waals surface area (Å²) in [5.41, 5.74) is 0.959. The van der Waals surface area contributed by atoms with Gasteiger partial charge in [-0.05, 0) is 44.0 Å². The van der Waals surface area contributed by atoms with Crippen molar-refractivity contribution >= 4 is 15.8 Å². The highest BCUT2D eigenvalue weighted by Gasteiger charge is 2.26.